The Hall–Kier alpha value is -3.88. The second-order valence-electron chi connectivity index (χ2n) is 8.69. The smallest absolute Gasteiger partial charge is 0.243 e. The molecule has 3 aromatic carbocycles. The first-order valence-corrected chi connectivity index (χ1v) is 12.8. The second kappa shape index (κ2) is 10.6. The van der Waals surface area contributed by atoms with E-state index < -0.39 is 11.4 Å². The Labute approximate surface area is 218 Å². The maximum Gasteiger partial charge on any atom is 0.243 e. The van der Waals surface area contributed by atoms with Gasteiger partial charge in [-0.1, -0.05) is 30.3 Å². The van der Waals surface area contributed by atoms with Crippen LogP contribution in [-0.4, -0.2) is 39.2 Å². The van der Waals surface area contributed by atoms with Gasteiger partial charge in [0, 0.05) is 41.0 Å². The van der Waals surface area contributed by atoms with E-state index in [1.807, 2.05) is 30.3 Å². The van der Waals surface area contributed by atoms with E-state index in [0.717, 1.165) is 16.7 Å². The molecule has 0 unspecified atom stereocenters. The van der Waals surface area contributed by atoms with Crippen LogP contribution in [0.25, 0.3) is 11.1 Å². The number of ether oxygens (including phenoxy) is 1. The number of benzene rings is 3. The summed E-state index contributed by atoms with van der Waals surface area (Å²) in [5, 5.41) is 20.0. The molecule has 1 aromatic heterocycles. The molecular formula is C29H25FN2O4S. The molecule has 0 bridgehead atoms. The second-order valence-corrected chi connectivity index (χ2v) is 9.87. The van der Waals surface area contributed by atoms with Crippen LogP contribution in [0.1, 0.15) is 23.3 Å². The summed E-state index contributed by atoms with van der Waals surface area (Å²) >= 11 is 1.36. The minimum absolute atomic E-state index is 0.0921. The van der Waals surface area contributed by atoms with Gasteiger partial charge in [0.1, 0.15) is 22.6 Å². The molecule has 2 heterocycles. The first kappa shape index (κ1) is 24.8. The molecule has 1 amide bonds. The Kier molecular flexibility index (Phi) is 7.12. The van der Waals surface area contributed by atoms with Crippen molar-refractivity contribution in [2.24, 2.45) is 0 Å². The number of aromatic hydroxyl groups is 1. The van der Waals surface area contributed by atoms with Gasteiger partial charge in [-0.3, -0.25) is 9.78 Å². The Morgan fingerprint density at radius 1 is 1.08 bits per heavy atom. The number of halogens is 1. The number of hydrogen-bond donors (Lipinski definition) is 2. The van der Waals surface area contributed by atoms with Crippen molar-refractivity contribution in [1.82, 2.24) is 4.98 Å². The third-order valence-corrected chi connectivity index (χ3v) is 7.73. The van der Waals surface area contributed by atoms with Crippen LogP contribution in [0, 0.1) is 5.82 Å². The minimum atomic E-state index is -0.841. The molecule has 0 spiro atoms. The molecule has 4 aromatic rings. The molecule has 6 nitrogen and oxygen atoms in total. The largest absolute Gasteiger partial charge is 0.508 e. The summed E-state index contributed by atoms with van der Waals surface area (Å²) in [7, 11) is 1.59. The van der Waals surface area contributed by atoms with Crippen LogP contribution < -0.4 is 9.64 Å². The van der Waals surface area contributed by atoms with Gasteiger partial charge in [-0.05, 0) is 53.6 Å². The van der Waals surface area contributed by atoms with E-state index in [4.69, 9.17) is 4.74 Å². The number of methoxy groups -OCH3 is 1. The number of anilines is 1. The summed E-state index contributed by atoms with van der Waals surface area (Å²) in [4.78, 5) is 19.3. The number of nitrogens with zero attached hydrogens (tertiary/aromatic N) is 2. The monoisotopic (exact) mass is 516 g/mol. The average Bonchev–Trinajstić information content (AvgIpc) is 2.93. The van der Waals surface area contributed by atoms with Gasteiger partial charge in [-0.25, -0.2) is 4.39 Å². The maximum atomic E-state index is 13.4. The average molecular weight is 517 g/mol. The van der Waals surface area contributed by atoms with Crippen LogP contribution in [0.3, 0.4) is 0 Å². The number of aliphatic hydroxyl groups is 1. The zero-order valence-corrected chi connectivity index (χ0v) is 20.8. The van der Waals surface area contributed by atoms with E-state index in [1.54, 1.807) is 60.8 Å². The van der Waals surface area contributed by atoms with Crippen molar-refractivity contribution in [3.05, 3.63) is 108 Å². The molecule has 0 radical (unpaired) electrons. The van der Waals surface area contributed by atoms with Gasteiger partial charge in [0.05, 0.1) is 19.3 Å². The molecule has 0 aliphatic carbocycles. The van der Waals surface area contributed by atoms with Crippen molar-refractivity contribution >= 4 is 23.4 Å². The topological polar surface area (TPSA) is 82.9 Å². The fourth-order valence-electron chi connectivity index (χ4n) is 4.47. The van der Waals surface area contributed by atoms with Gasteiger partial charge >= 0.3 is 0 Å². The van der Waals surface area contributed by atoms with Crippen LogP contribution >= 0.6 is 11.8 Å². The lowest BCUT2D eigenvalue weighted by Gasteiger charge is -2.47. The molecule has 5 rings (SSSR count). The number of aliphatic hydroxyl groups excluding tert-OH is 1. The van der Waals surface area contributed by atoms with Crippen LogP contribution in [0.5, 0.6) is 11.5 Å². The highest BCUT2D eigenvalue weighted by molar-refractivity contribution is 8.00. The molecule has 8 heteroatoms. The lowest BCUT2D eigenvalue weighted by atomic mass is 9.91. The van der Waals surface area contributed by atoms with Crippen molar-refractivity contribution in [2.45, 2.75) is 17.4 Å². The Morgan fingerprint density at radius 3 is 2.51 bits per heavy atom. The van der Waals surface area contributed by atoms with E-state index in [1.165, 1.54) is 23.9 Å². The Balaban J connectivity index is 1.42. The van der Waals surface area contributed by atoms with Crippen LogP contribution in [0.15, 0.2) is 91.3 Å². The van der Waals surface area contributed by atoms with E-state index >= 15 is 0 Å². The predicted molar refractivity (Wildman–Crippen MR) is 142 cm³/mol. The number of amides is 1. The molecule has 1 saturated heterocycles. The summed E-state index contributed by atoms with van der Waals surface area (Å²) in [6.45, 7) is 0. The molecule has 37 heavy (non-hydrogen) atoms. The normalized spacial score (nSPS) is 17.8. The number of pyridine rings is 1. The highest BCUT2D eigenvalue weighted by atomic mass is 32.2. The SMILES string of the molecule is COc1cc(N2C(=O)[C@H](SC[C@H](O)c3ccc(F)cc3)[C@H]2c2ccc(O)cc2)ccc1-c1cccnc1. The number of phenolic OH excluding ortho intramolecular Hbond substituents is 1. The molecular weight excluding hydrogens is 491 g/mol. The third kappa shape index (κ3) is 5.03. The Bertz CT molecular complexity index is 1380. The van der Waals surface area contributed by atoms with Gasteiger partial charge in [0.2, 0.25) is 5.91 Å². The van der Waals surface area contributed by atoms with E-state index in [9.17, 15) is 19.4 Å². The molecule has 0 saturated carbocycles. The molecule has 1 aliphatic heterocycles. The molecule has 1 fully saturated rings. The fourth-order valence-corrected chi connectivity index (χ4v) is 5.77. The Morgan fingerprint density at radius 2 is 1.84 bits per heavy atom. The minimum Gasteiger partial charge on any atom is -0.508 e. The maximum absolute atomic E-state index is 13.4. The van der Waals surface area contributed by atoms with Crippen LogP contribution in [-0.2, 0) is 4.79 Å². The van der Waals surface area contributed by atoms with Crippen LogP contribution in [0.2, 0.25) is 0 Å². The summed E-state index contributed by atoms with van der Waals surface area (Å²) in [5.74, 6) is 0.564. The molecule has 188 valence electrons. The lowest BCUT2D eigenvalue weighted by molar-refractivity contribution is -0.123. The number of aromatic nitrogens is 1. The number of carbonyl (C=O) groups is 1. The number of carbonyl (C=O) groups excluding carboxylic acids is 1. The van der Waals surface area contributed by atoms with Crippen molar-refractivity contribution in [1.29, 1.82) is 0 Å². The zero-order valence-electron chi connectivity index (χ0n) is 20.0. The zero-order chi connectivity index (χ0) is 25.9. The van der Waals surface area contributed by atoms with E-state index in [2.05, 4.69) is 4.98 Å². The van der Waals surface area contributed by atoms with Gasteiger partial charge in [0.25, 0.3) is 0 Å². The molecule has 2 N–H and O–H groups in total. The van der Waals surface area contributed by atoms with Gasteiger partial charge in [0.15, 0.2) is 0 Å². The highest BCUT2D eigenvalue weighted by Crippen LogP contribution is 2.47. The van der Waals surface area contributed by atoms with E-state index in [0.29, 0.717) is 17.0 Å². The highest BCUT2D eigenvalue weighted by Gasteiger charge is 2.49. The first-order valence-electron chi connectivity index (χ1n) is 11.7. The van der Waals surface area contributed by atoms with E-state index in [-0.39, 0.29) is 29.3 Å². The predicted octanol–water partition coefficient (Wildman–Crippen LogP) is 5.53. The van der Waals surface area contributed by atoms with Crippen molar-refractivity contribution in [2.75, 3.05) is 17.8 Å². The standard InChI is InChI=1S/C29H25FN2O4S/c1-36-26-15-22(10-13-24(26)20-3-2-14-31-16-20)32-27(19-6-11-23(33)12-7-19)28(29(32)35)37-17-25(34)18-4-8-21(30)9-5-18/h2-16,25,27-28,33-34H,17H2,1H3/t25-,27+,28+/m0/s1. The van der Waals surface area contributed by atoms with Crippen LogP contribution in [0.4, 0.5) is 10.1 Å². The van der Waals surface area contributed by atoms with Gasteiger partial charge < -0.3 is 19.8 Å². The fraction of sp³-hybridized carbons (Fsp3) is 0.172. The number of rotatable bonds is 8. The van der Waals surface area contributed by atoms with Gasteiger partial charge in [-0.2, -0.15) is 0 Å². The van der Waals surface area contributed by atoms with Crippen molar-refractivity contribution < 1.29 is 24.1 Å². The molecule has 3 atom stereocenters. The van der Waals surface area contributed by atoms with Gasteiger partial charge in [-0.15, -0.1) is 11.8 Å². The quantitative estimate of drug-likeness (QED) is 0.300. The lowest BCUT2D eigenvalue weighted by Crippen LogP contribution is -2.57. The summed E-state index contributed by atoms with van der Waals surface area (Å²) in [6, 6.07) is 21.6. The first-order chi connectivity index (χ1) is 18.0. The van der Waals surface area contributed by atoms with Crippen molar-refractivity contribution in [3.8, 4) is 22.6 Å². The summed E-state index contributed by atoms with van der Waals surface area (Å²) < 4.78 is 18.9. The number of thioether (sulfide) groups is 1. The number of β-lactam (4-membered cyclic amide) rings is 1. The molecule has 1 aliphatic rings. The summed E-state index contributed by atoms with van der Waals surface area (Å²) in [6.07, 6.45) is 2.62. The number of hydrogen-bond acceptors (Lipinski definition) is 6. The van der Waals surface area contributed by atoms with Crippen molar-refractivity contribution in [3.63, 3.8) is 0 Å². The third-order valence-electron chi connectivity index (χ3n) is 6.40. The number of phenols is 1. The summed E-state index contributed by atoms with van der Waals surface area (Å²) in [5.41, 5.74) is 3.90.